The first-order valence-corrected chi connectivity index (χ1v) is 5.08. The molecule has 100 valence electrons. The van der Waals surface area contributed by atoms with Crippen molar-refractivity contribution in [3.63, 3.8) is 0 Å². The number of carbonyl (C=O) groups is 1. The summed E-state index contributed by atoms with van der Waals surface area (Å²) in [5, 5.41) is 0. The highest BCUT2D eigenvalue weighted by Gasteiger charge is 2.31. The molecule has 0 aliphatic rings. The van der Waals surface area contributed by atoms with Gasteiger partial charge < -0.3 is 14.2 Å². The van der Waals surface area contributed by atoms with E-state index in [0.717, 1.165) is 24.3 Å². The van der Waals surface area contributed by atoms with Crippen molar-refractivity contribution < 1.29 is 32.2 Å². The molecule has 1 aromatic rings. The Morgan fingerprint density at radius 1 is 1.22 bits per heavy atom. The van der Waals surface area contributed by atoms with Crippen LogP contribution in [0.5, 0.6) is 11.5 Å². The van der Waals surface area contributed by atoms with Crippen LogP contribution < -0.4 is 9.47 Å². The molecule has 0 bridgehead atoms. The van der Waals surface area contributed by atoms with Crippen LogP contribution in [0.25, 0.3) is 0 Å². The van der Waals surface area contributed by atoms with E-state index < -0.39 is 23.8 Å². The number of carbonyl (C=O) groups excluding carboxylic acids is 1. The second kappa shape index (κ2) is 5.81. The van der Waals surface area contributed by atoms with Crippen LogP contribution in [0.4, 0.5) is 18.0 Å². The number of alkyl halides is 4. The zero-order valence-electron chi connectivity index (χ0n) is 9.03. The minimum Gasteiger partial charge on any atom is -0.415 e. The van der Waals surface area contributed by atoms with Gasteiger partial charge in [0.25, 0.3) is 0 Å². The zero-order valence-corrected chi connectivity index (χ0v) is 9.79. The summed E-state index contributed by atoms with van der Waals surface area (Å²) in [5.74, 6) is -0.416. The van der Waals surface area contributed by atoms with Gasteiger partial charge in [0.05, 0.1) is 0 Å². The summed E-state index contributed by atoms with van der Waals surface area (Å²) in [5.41, 5.74) is -0.870. The Morgan fingerprint density at radius 2 is 1.72 bits per heavy atom. The summed E-state index contributed by atoms with van der Waals surface area (Å²) in [4.78, 5) is 11.0. The van der Waals surface area contributed by atoms with Crippen LogP contribution in [0.3, 0.4) is 0 Å². The molecule has 0 saturated heterocycles. The molecule has 1 atom stereocenters. The van der Waals surface area contributed by atoms with Crippen LogP contribution in [0.2, 0.25) is 0 Å². The maximum absolute atomic E-state index is 11.9. The normalized spacial score (nSPS) is 12.7. The van der Waals surface area contributed by atoms with Crippen molar-refractivity contribution in [2.24, 2.45) is 0 Å². The number of ether oxygens (including phenoxy) is 3. The fourth-order valence-electron chi connectivity index (χ4n) is 0.962. The van der Waals surface area contributed by atoms with E-state index in [2.05, 4.69) is 14.2 Å². The van der Waals surface area contributed by atoms with E-state index in [1.165, 1.54) is 6.92 Å². The highest BCUT2D eigenvalue weighted by molar-refractivity contribution is 6.19. The molecule has 18 heavy (non-hydrogen) atoms. The molecular formula is C10H8ClF3O4. The number of hydrogen-bond acceptors (Lipinski definition) is 4. The SMILES string of the molecule is CC(Cl)OC(=O)Oc1ccc(OC(F)(F)F)cc1. The minimum absolute atomic E-state index is 0.00633. The molecule has 0 saturated carbocycles. The van der Waals surface area contributed by atoms with Gasteiger partial charge in [0, 0.05) is 0 Å². The molecule has 0 aliphatic heterocycles. The van der Waals surface area contributed by atoms with Crippen molar-refractivity contribution in [2.75, 3.05) is 0 Å². The maximum Gasteiger partial charge on any atom is 0.573 e. The molecule has 8 heteroatoms. The van der Waals surface area contributed by atoms with Crippen LogP contribution >= 0.6 is 11.6 Å². The largest absolute Gasteiger partial charge is 0.573 e. The van der Waals surface area contributed by atoms with Gasteiger partial charge in [-0.25, -0.2) is 4.79 Å². The third kappa shape index (κ3) is 5.62. The number of hydrogen-bond donors (Lipinski definition) is 0. The summed E-state index contributed by atoms with van der Waals surface area (Å²) in [7, 11) is 0. The van der Waals surface area contributed by atoms with Crippen LogP contribution in [-0.2, 0) is 4.74 Å². The second-order valence-corrected chi connectivity index (χ2v) is 3.65. The first kappa shape index (κ1) is 14.4. The Morgan fingerprint density at radius 3 is 2.17 bits per heavy atom. The van der Waals surface area contributed by atoms with E-state index in [9.17, 15) is 18.0 Å². The summed E-state index contributed by atoms with van der Waals surface area (Å²) in [6, 6.07) is 4.25. The van der Waals surface area contributed by atoms with Crippen LogP contribution in [0.1, 0.15) is 6.92 Å². The van der Waals surface area contributed by atoms with Crippen molar-refractivity contribution in [3.8, 4) is 11.5 Å². The summed E-state index contributed by atoms with van der Waals surface area (Å²) < 4.78 is 48.3. The Kier molecular flexibility index (Phi) is 4.66. The van der Waals surface area contributed by atoms with E-state index in [1.54, 1.807) is 0 Å². The van der Waals surface area contributed by atoms with Gasteiger partial charge in [0.2, 0.25) is 0 Å². The predicted octanol–water partition coefficient (Wildman–Crippen LogP) is 3.69. The summed E-state index contributed by atoms with van der Waals surface area (Å²) >= 11 is 5.37. The Labute approximate surface area is 105 Å². The third-order valence-electron chi connectivity index (χ3n) is 1.52. The molecule has 0 fully saturated rings. The van der Waals surface area contributed by atoms with Crippen LogP contribution in [0, 0.1) is 0 Å². The lowest BCUT2D eigenvalue weighted by molar-refractivity contribution is -0.274. The van der Waals surface area contributed by atoms with Crippen LogP contribution in [-0.4, -0.2) is 18.1 Å². The number of halogens is 4. The van der Waals surface area contributed by atoms with Crippen molar-refractivity contribution in [2.45, 2.75) is 18.8 Å². The first-order valence-electron chi connectivity index (χ1n) is 4.64. The topological polar surface area (TPSA) is 44.8 Å². The minimum atomic E-state index is -4.77. The van der Waals surface area contributed by atoms with Crippen LogP contribution in [0.15, 0.2) is 24.3 Å². The quantitative estimate of drug-likeness (QED) is 0.482. The van der Waals surface area contributed by atoms with Gasteiger partial charge in [-0.3, -0.25) is 0 Å². The van der Waals surface area contributed by atoms with Crippen molar-refractivity contribution in [1.82, 2.24) is 0 Å². The van der Waals surface area contributed by atoms with Gasteiger partial charge in [0.15, 0.2) is 5.56 Å². The molecule has 0 spiro atoms. The van der Waals surface area contributed by atoms with E-state index >= 15 is 0 Å². The Balaban J connectivity index is 2.58. The molecular weight excluding hydrogens is 277 g/mol. The third-order valence-corrected chi connectivity index (χ3v) is 1.61. The summed E-state index contributed by atoms with van der Waals surface area (Å²) in [6.45, 7) is 1.41. The highest BCUT2D eigenvalue weighted by Crippen LogP contribution is 2.24. The van der Waals surface area contributed by atoms with Gasteiger partial charge in [-0.2, -0.15) is 0 Å². The molecule has 0 heterocycles. The van der Waals surface area contributed by atoms with E-state index in [0.29, 0.717) is 0 Å². The Hall–Kier alpha value is -1.63. The average Bonchev–Trinajstić information content (AvgIpc) is 2.17. The van der Waals surface area contributed by atoms with E-state index in [4.69, 9.17) is 11.6 Å². The standard InChI is InChI=1S/C10H8ClF3O4/c1-6(11)16-9(15)17-7-2-4-8(5-3-7)18-10(12,13)14/h2-6H,1H3. The molecule has 4 nitrogen and oxygen atoms in total. The van der Waals surface area contributed by atoms with E-state index in [1.807, 2.05) is 0 Å². The lowest BCUT2D eigenvalue weighted by atomic mass is 10.3. The van der Waals surface area contributed by atoms with Crippen molar-refractivity contribution in [1.29, 1.82) is 0 Å². The molecule has 1 unspecified atom stereocenters. The Bertz CT molecular complexity index is 403. The van der Waals surface area contributed by atoms with Gasteiger partial charge in [-0.05, 0) is 31.2 Å². The molecule has 0 aliphatic carbocycles. The fourth-order valence-corrected chi connectivity index (χ4v) is 1.03. The van der Waals surface area contributed by atoms with Gasteiger partial charge in [-0.1, -0.05) is 11.6 Å². The molecule has 0 N–H and O–H groups in total. The van der Waals surface area contributed by atoms with E-state index in [-0.39, 0.29) is 5.75 Å². The first-order chi connectivity index (χ1) is 8.26. The summed E-state index contributed by atoms with van der Waals surface area (Å²) in [6.07, 6.45) is -5.82. The van der Waals surface area contributed by atoms with Crippen molar-refractivity contribution >= 4 is 17.8 Å². The highest BCUT2D eigenvalue weighted by atomic mass is 35.5. The fraction of sp³-hybridized carbons (Fsp3) is 0.300. The second-order valence-electron chi connectivity index (χ2n) is 3.03. The smallest absolute Gasteiger partial charge is 0.415 e. The molecule has 0 aromatic heterocycles. The number of benzene rings is 1. The predicted molar refractivity (Wildman–Crippen MR) is 55.5 cm³/mol. The lowest BCUT2D eigenvalue weighted by Gasteiger charge is -2.10. The maximum atomic E-state index is 11.9. The van der Waals surface area contributed by atoms with Gasteiger partial charge in [-0.15, -0.1) is 13.2 Å². The van der Waals surface area contributed by atoms with Gasteiger partial charge >= 0.3 is 12.5 Å². The zero-order chi connectivity index (χ0) is 13.8. The molecule has 0 radical (unpaired) electrons. The molecule has 1 rings (SSSR count). The van der Waals surface area contributed by atoms with Gasteiger partial charge in [0.1, 0.15) is 11.5 Å². The average molecular weight is 285 g/mol. The monoisotopic (exact) mass is 284 g/mol. The molecule has 0 amide bonds. The number of rotatable bonds is 3. The van der Waals surface area contributed by atoms with Crippen molar-refractivity contribution in [3.05, 3.63) is 24.3 Å². The lowest BCUT2D eigenvalue weighted by Crippen LogP contribution is -2.17. The molecule has 1 aromatic carbocycles.